The molecule has 1 saturated carbocycles. The second-order valence-corrected chi connectivity index (χ2v) is 6.02. The van der Waals surface area contributed by atoms with Crippen molar-refractivity contribution in [3.63, 3.8) is 0 Å². The summed E-state index contributed by atoms with van der Waals surface area (Å²) in [7, 11) is 0. The lowest BCUT2D eigenvalue weighted by Crippen LogP contribution is -2.50. The molecule has 0 saturated heterocycles. The topological polar surface area (TPSA) is 55.1 Å². The van der Waals surface area contributed by atoms with E-state index in [0.717, 1.165) is 18.9 Å². The molecule has 98 valence electrons. The molecule has 0 bridgehead atoms. The van der Waals surface area contributed by atoms with Gasteiger partial charge in [0.2, 0.25) is 5.91 Å². The van der Waals surface area contributed by atoms with Crippen LogP contribution in [0.3, 0.4) is 0 Å². The van der Waals surface area contributed by atoms with Crippen LogP contribution in [0.25, 0.3) is 0 Å². The predicted octanol–water partition coefficient (Wildman–Crippen LogP) is 3.31. The van der Waals surface area contributed by atoms with Gasteiger partial charge >= 0.3 is 0 Å². The van der Waals surface area contributed by atoms with E-state index in [1.54, 1.807) is 6.92 Å². The van der Waals surface area contributed by atoms with Gasteiger partial charge < -0.3 is 11.1 Å². The molecule has 2 rings (SSSR count). The first-order valence-electron chi connectivity index (χ1n) is 5.57. The van der Waals surface area contributed by atoms with Gasteiger partial charge in [-0.1, -0.05) is 11.6 Å². The lowest BCUT2D eigenvalue weighted by Gasteiger charge is -2.23. The van der Waals surface area contributed by atoms with Crippen LogP contribution >= 0.6 is 27.5 Å². The highest BCUT2D eigenvalue weighted by atomic mass is 79.9. The van der Waals surface area contributed by atoms with Gasteiger partial charge in [-0.25, -0.2) is 4.39 Å². The summed E-state index contributed by atoms with van der Waals surface area (Å²) < 4.78 is 13.5. The summed E-state index contributed by atoms with van der Waals surface area (Å²) in [4.78, 5) is 12.1. The van der Waals surface area contributed by atoms with Gasteiger partial charge in [0, 0.05) is 4.47 Å². The number of rotatable bonds is 3. The molecular weight excluding hydrogens is 323 g/mol. The van der Waals surface area contributed by atoms with Crippen LogP contribution < -0.4 is 11.1 Å². The number of nitrogens with one attached hydrogen (secondary N) is 1. The number of nitrogens with two attached hydrogens (primary N) is 1. The highest BCUT2D eigenvalue weighted by molar-refractivity contribution is 9.10. The van der Waals surface area contributed by atoms with Crippen molar-refractivity contribution in [1.29, 1.82) is 0 Å². The van der Waals surface area contributed by atoms with Crippen LogP contribution in [0, 0.1) is 11.7 Å². The Hall–Kier alpha value is -0.650. The van der Waals surface area contributed by atoms with E-state index in [1.165, 1.54) is 6.07 Å². The average molecular weight is 336 g/mol. The predicted molar refractivity (Wildman–Crippen MR) is 73.1 cm³/mol. The highest BCUT2D eigenvalue weighted by Gasteiger charge is 2.44. The van der Waals surface area contributed by atoms with Crippen molar-refractivity contribution >= 4 is 39.1 Å². The summed E-state index contributed by atoms with van der Waals surface area (Å²) in [6.45, 7) is 1.70. The molecule has 1 aromatic rings. The number of carbonyl (C=O) groups is 1. The molecule has 0 radical (unpaired) electrons. The molecule has 1 aromatic carbocycles. The van der Waals surface area contributed by atoms with Crippen LogP contribution in [0.4, 0.5) is 10.1 Å². The third-order valence-electron chi connectivity index (χ3n) is 3.16. The normalized spacial score (nSPS) is 18.3. The number of hydrogen-bond donors (Lipinski definition) is 2. The maximum absolute atomic E-state index is 13.1. The highest BCUT2D eigenvalue weighted by Crippen LogP contribution is 2.39. The van der Waals surface area contributed by atoms with E-state index >= 15 is 0 Å². The third-order valence-corrected chi connectivity index (χ3v) is 4.08. The van der Waals surface area contributed by atoms with Crippen LogP contribution in [0.1, 0.15) is 19.8 Å². The van der Waals surface area contributed by atoms with Gasteiger partial charge in [0.1, 0.15) is 5.82 Å². The molecule has 1 atom stereocenters. The van der Waals surface area contributed by atoms with Crippen LogP contribution in [0.15, 0.2) is 16.6 Å². The molecule has 0 aliphatic heterocycles. The Balaban J connectivity index is 2.21. The first kappa shape index (κ1) is 13.8. The smallest absolute Gasteiger partial charge is 0.244 e. The number of anilines is 1. The Morgan fingerprint density at radius 2 is 2.22 bits per heavy atom. The fourth-order valence-electron chi connectivity index (χ4n) is 1.78. The zero-order valence-corrected chi connectivity index (χ0v) is 12.1. The second kappa shape index (κ2) is 4.79. The number of hydrogen-bond acceptors (Lipinski definition) is 2. The number of benzene rings is 1. The first-order valence-corrected chi connectivity index (χ1v) is 6.74. The summed E-state index contributed by atoms with van der Waals surface area (Å²) in [5.74, 6) is -0.572. The van der Waals surface area contributed by atoms with Crippen molar-refractivity contribution in [2.45, 2.75) is 25.3 Å². The van der Waals surface area contributed by atoms with Gasteiger partial charge in [0.15, 0.2) is 0 Å². The summed E-state index contributed by atoms with van der Waals surface area (Å²) in [5.41, 5.74) is 5.43. The van der Waals surface area contributed by atoms with E-state index in [9.17, 15) is 9.18 Å². The molecule has 3 N–H and O–H groups in total. The zero-order valence-electron chi connectivity index (χ0n) is 9.77. The van der Waals surface area contributed by atoms with Gasteiger partial charge in [-0.2, -0.15) is 0 Å². The Bertz CT molecular complexity index is 480. The maximum atomic E-state index is 13.1. The van der Waals surface area contributed by atoms with Gasteiger partial charge in [-0.05, 0) is 53.7 Å². The quantitative estimate of drug-likeness (QED) is 0.890. The molecule has 1 aliphatic carbocycles. The van der Waals surface area contributed by atoms with Crippen LogP contribution in [0.5, 0.6) is 0 Å². The summed E-state index contributed by atoms with van der Waals surface area (Å²) in [6, 6.07) is 2.39. The maximum Gasteiger partial charge on any atom is 0.244 e. The van der Waals surface area contributed by atoms with E-state index in [4.69, 9.17) is 17.3 Å². The summed E-state index contributed by atoms with van der Waals surface area (Å²) in [5, 5.41) is 2.80. The largest absolute Gasteiger partial charge is 0.322 e. The fourth-order valence-corrected chi connectivity index (χ4v) is 2.68. The molecule has 3 nitrogen and oxygen atoms in total. The van der Waals surface area contributed by atoms with Crippen LogP contribution in [-0.2, 0) is 4.79 Å². The Kier molecular flexibility index (Phi) is 3.67. The van der Waals surface area contributed by atoms with Crippen LogP contribution in [-0.4, -0.2) is 11.4 Å². The van der Waals surface area contributed by atoms with Crippen LogP contribution in [0.2, 0.25) is 5.02 Å². The molecule has 1 aliphatic rings. The summed E-state index contributed by atoms with van der Waals surface area (Å²) in [6.07, 6.45) is 1.91. The van der Waals surface area contributed by atoms with Crippen molar-refractivity contribution in [3.8, 4) is 0 Å². The third kappa shape index (κ3) is 2.68. The number of amides is 1. The minimum atomic E-state index is -0.919. The minimum absolute atomic E-state index is 0.141. The standard InChI is InChI=1S/C12H13BrClFN2O/c1-12(16,6-2-3-6)11(18)17-10-8(13)4-7(15)5-9(10)14/h4-6H,2-3,16H2,1H3,(H,17,18). The van der Waals surface area contributed by atoms with Crippen molar-refractivity contribution in [2.75, 3.05) is 5.32 Å². The van der Waals surface area contributed by atoms with E-state index in [1.807, 2.05) is 0 Å². The number of carbonyl (C=O) groups excluding carboxylic acids is 1. The van der Waals surface area contributed by atoms with E-state index in [-0.39, 0.29) is 16.8 Å². The lowest BCUT2D eigenvalue weighted by molar-refractivity contribution is -0.121. The lowest BCUT2D eigenvalue weighted by atomic mass is 9.96. The SMILES string of the molecule is CC(N)(C(=O)Nc1c(Cl)cc(F)cc1Br)C1CC1. The van der Waals surface area contributed by atoms with E-state index in [0.29, 0.717) is 10.2 Å². The van der Waals surface area contributed by atoms with Gasteiger partial charge in [-0.3, -0.25) is 4.79 Å². The molecule has 0 heterocycles. The Labute approximate surface area is 118 Å². The summed E-state index contributed by atoms with van der Waals surface area (Å²) >= 11 is 9.06. The molecule has 1 amide bonds. The monoisotopic (exact) mass is 334 g/mol. The zero-order chi connectivity index (χ0) is 13.5. The average Bonchev–Trinajstić information content (AvgIpc) is 3.06. The van der Waals surface area contributed by atoms with Crippen molar-refractivity contribution in [1.82, 2.24) is 0 Å². The molecule has 1 unspecified atom stereocenters. The van der Waals surface area contributed by atoms with Gasteiger partial charge in [0.25, 0.3) is 0 Å². The second-order valence-electron chi connectivity index (χ2n) is 4.76. The van der Waals surface area contributed by atoms with Gasteiger partial charge in [-0.15, -0.1) is 0 Å². The van der Waals surface area contributed by atoms with Crippen molar-refractivity contribution in [3.05, 3.63) is 27.4 Å². The molecule has 18 heavy (non-hydrogen) atoms. The number of halogens is 3. The first-order chi connectivity index (χ1) is 8.32. The van der Waals surface area contributed by atoms with E-state index in [2.05, 4.69) is 21.2 Å². The van der Waals surface area contributed by atoms with Crippen molar-refractivity contribution in [2.24, 2.45) is 11.7 Å². The molecule has 6 heteroatoms. The molecular formula is C12H13BrClFN2O. The van der Waals surface area contributed by atoms with E-state index < -0.39 is 11.4 Å². The van der Waals surface area contributed by atoms with Gasteiger partial charge in [0.05, 0.1) is 16.2 Å². The Morgan fingerprint density at radius 3 is 2.72 bits per heavy atom. The minimum Gasteiger partial charge on any atom is -0.322 e. The Morgan fingerprint density at radius 1 is 1.61 bits per heavy atom. The fraction of sp³-hybridized carbons (Fsp3) is 0.417. The molecule has 0 spiro atoms. The van der Waals surface area contributed by atoms with Crippen molar-refractivity contribution < 1.29 is 9.18 Å². The molecule has 0 aromatic heterocycles. The molecule has 1 fully saturated rings.